The van der Waals surface area contributed by atoms with Crippen molar-refractivity contribution in [2.45, 2.75) is 6.54 Å². The van der Waals surface area contributed by atoms with Crippen LogP contribution in [0.5, 0.6) is 11.5 Å². The van der Waals surface area contributed by atoms with Gasteiger partial charge in [0.25, 0.3) is 0 Å². The molecule has 0 saturated heterocycles. The standard InChI is InChI=1S/C17H18N4O4/c1-24-14-8-5-6-12(15(14)25-2)10-20-21-17(23)16(22)19-11-13-7-3-4-9-18-13/h3-10H,11H2,1-2H3,(H,19,22)(H,21,23)/b20-10-. The van der Waals surface area contributed by atoms with Gasteiger partial charge in [0.1, 0.15) is 0 Å². The summed E-state index contributed by atoms with van der Waals surface area (Å²) in [6, 6.07) is 10.5. The Labute approximate surface area is 144 Å². The third-order valence-corrected chi connectivity index (χ3v) is 3.17. The number of hydrazone groups is 1. The minimum atomic E-state index is -0.881. The lowest BCUT2D eigenvalue weighted by molar-refractivity contribution is -0.139. The predicted octanol–water partition coefficient (Wildman–Crippen LogP) is 0.865. The van der Waals surface area contributed by atoms with Crippen LogP contribution in [-0.2, 0) is 16.1 Å². The second-order valence-corrected chi connectivity index (χ2v) is 4.79. The summed E-state index contributed by atoms with van der Waals surface area (Å²) in [5.74, 6) is -0.678. The van der Waals surface area contributed by atoms with Gasteiger partial charge >= 0.3 is 11.8 Å². The number of ether oxygens (including phenoxy) is 2. The zero-order chi connectivity index (χ0) is 18.1. The lowest BCUT2D eigenvalue weighted by Crippen LogP contribution is -2.37. The van der Waals surface area contributed by atoms with Crippen LogP contribution in [-0.4, -0.2) is 37.2 Å². The molecule has 2 N–H and O–H groups in total. The number of aromatic nitrogens is 1. The molecular formula is C17H18N4O4. The van der Waals surface area contributed by atoms with Crippen molar-refractivity contribution in [3.63, 3.8) is 0 Å². The number of nitrogens with zero attached hydrogens (tertiary/aromatic N) is 2. The van der Waals surface area contributed by atoms with E-state index in [-0.39, 0.29) is 6.54 Å². The number of nitrogens with one attached hydrogen (secondary N) is 2. The Hall–Kier alpha value is -3.42. The Balaban J connectivity index is 1.91. The van der Waals surface area contributed by atoms with Crippen LogP contribution < -0.4 is 20.2 Å². The average molecular weight is 342 g/mol. The molecule has 0 aliphatic rings. The summed E-state index contributed by atoms with van der Waals surface area (Å²) < 4.78 is 10.4. The summed E-state index contributed by atoms with van der Waals surface area (Å²) in [5.41, 5.74) is 3.40. The highest BCUT2D eigenvalue weighted by Crippen LogP contribution is 2.29. The van der Waals surface area contributed by atoms with Crippen molar-refractivity contribution < 1.29 is 19.1 Å². The van der Waals surface area contributed by atoms with Gasteiger partial charge in [0, 0.05) is 11.8 Å². The molecular weight excluding hydrogens is 324 g/mol. The molecule has 0 radical (unpaired) electrons. The minimum Gasteiger partial charge on any atom is -0.493 e. The lowest BCUT2D eigenvalue weighted by Gasteiger charge is -2.09. The van der Waals surface area contributed by atoms with Gasteiger partial charge < -0.3 is 14.8 Å². The molecule has 0 fully saturated rings. The molecule has 0 aliphatic carbocycles. The molecule has 0 bridgehead atoms. The summed E-state index contributed by atoms with van der Waals surface area (Å²) in [6.07, 6.45) is 2.97. The first kappa shape index (κ1) is 17.9. The number of amides is 2. The van der Waals surface area contributed by atoms with Crippen LogP contribution in [0.1, 0.15) is 11.3 Å². The van der Waals surface area contributed by atoms with E-state index < -0.39 is 11.8 Å². The van der Waals surface area contributed by atoms with E-state index in [1.54, 1.807) is 42.6 Å². The monoisotopic (exact) mass is 342 g/mol. The molecule has 25 heavy (non-hydrogen) atoms. The Morgan fingerprint density at radius 2 is 1.96 bits per heavy atom. The number of pyridine rings is 1. The maximum Gasteiger partial charge on any atom is 0.329 e. The molecule has 0 aliphatic heterocycles. The number of carbonyl (C=O) groups excluding carboxylic acids is 2. The number of methoxy groups -OCH3 is 2. The second-order valence-electron chi connectivity index (χ2n) is 4.79. The third-order valence-electron chi connectivity index (χ3n) is 3.17. The van der Waals surface area contributed by atoms with Crippen molar-refractivity contribution in [1.29, 1.82) is 0 Å². The average Bonchev–Trinajstić information content (AvgIpc) is 2.66. The number of hydrogen-bond donors (Lipinski definition) is 2. The molecule has 130 valence electrons. The molecule has 8 heteroatoms. The van der Waals surface area contributed by atoms with Gasteiger partial charge in [-0.05, 0) is 24.3 Å². The van der Waals surface area contributed by atoms with Crippen LogP contribution in [0.25, 0.3) is 0 Å². The molecule has 0 unspecified atom stereocenters. The molecule has 2 aromatic rings. The van der Waals surface area contributed by atoms with Crippen LogP contribution in [0.4, 0.5) is 0 Å². The van der Waals surface area contributed by atoms with E-state index in [4.69, 9.17) is 9.47 Å². The van der Waals surface area contributed by atoms with Crippen molar-refractivity contribution in [2.24, 2.45) is 5.10 Å². The van der Waals surface area contributed by atoms with Gasteiger partial charge in [0.2, 0.25) is 0 Å². The van der Waals surface area contributed by atoms with Crippen LogP contribution in [0.2, 0.25) is 0 Å². The molecule has 0 saturated carbocycles. The smallest absolute Gasteiger partial charge is 0.329 e. The number of rotatable bonds is 6. The van der Waals surface area contributed by atoms with E-state index in [0.717, 1.165) is 0 Å². The van der Waals surface area contributed by atoms with Gasteiger partial charge in [-0.15, -0.1) is 0 Å². The molecule has 1 aromatic heterocycles. The highest BCUT2D eigenvalue weighted by molar-refractivity contribution is 6.35. The highest BCUT2D eigenvalue weighted by Gasteiger charge is 2.12. The largest absolute Gasteiger partial charge is 0.493 e. The van der Waals surface area contributed by atoms with Crippen molar-refractivity contribution in [2.75, 3.05) is 14.2 Å². The van der Waals surface area contributed by atoms with Gasteiger partial charge in [-0.1, -0.05) is 12.1 Å². The Morgan fingerprint density at radius 1 is 1.12 bits per heavy atom. The van der Waals surface area contributed by atoms with Crippen LogP contribution in [0.3, 0.4) is 0 Å². The first-order valence-corrected chi connectivity index (χ1v) is 7.38. The molecule has 2 amide bonds. The van der Waals surface area contributed by atoms with Gasteiger partial charge in [-0.3, -0.25) is 14.6 Å². The van der Waals surface area contributed by atoms with Crippen molar-refractivity contribution in [3.8, 4) is 11.5 Å². The van der Waals surface area contributed by atoms with Gasteiger partial charge in [0.05, 0.1) is 32.7 Å². The molecule has 1 heterocycles. The Kier molecular flexibility index (Phi) is 6.47. The molecule has 0 atom stereocenters. The van der Waals surface area contributed by atoms with E-state index in [2.05, 4.69) is 20.8 Å². The SMILES string of the molecule is COc1cccc(/C=N\NC(=O)C(=O)NCc2ccccn2)c1OC. The van der Waals surface area contributed by atoms with Gasteiger partial charge in [-0.25, -0.2) is 5.43 Å². The number of hydrogen-bond acceptors (Lipinski definition) is 6. The zero-order valence-corrected chi connectivity index (χ0v) is 13.9. The minimum absolute atomic E-state index is 0.153. The fourth-order valence-electron chi connectivity index (χ4n) is 1.98. The predicted molar refractivity (Wildman–Crippen MR) is 91.4 cm³/mol. The van der Waals surface area contributed by atoms with E-state index in [0.29, 0.717) is 22.8 Å². The van der Waals surface area contributed by atoms with E-state index in [9.17, 15) is 9.59 Å². The van der Waals surface area contributed by atoms with Gasteiger partial charge in [0.15, 0.2) is 11.5 Å². The number of carbonyl (C=O) groups is 2. The van der Waals surface area contributed by atoms with Crippen molar-refractivity contribution in [3.05, 3.63) is 53.9 Å². The number of benzene rings is 1. The fraction of sp³-hybridized carbons (Fsp3) is 0.176. The topological polar surface area (TPSA) is 102 Å². The quantitative estimate of drug-likeness (QED) is 0.461. The van der Waals surface area contributed by atoms with E-state index in [1.165, 1.54) is 20.4 Å². The lowest BCUT2D eigenvalue weighted by atomic mass is 10.2. The first-order chi connectivity index (χ1) is 12.2. The molecule has 8 nitrogen and oxygen atoms in total. The maximum atomic E-state index is 11.7. The summed E-state index contributed by atoms with van der Waals surface area (Å²) >= 11 is 0. The summed E-state index contributed by atoms with van der Waals surface area (Å²) in [7, 11) is 3.02. The first-order valence-electron chi connectivity index (χ1n) is 7.38. The van der Waals surface area contributed by atoms with Crippen LogP contribution >= 0.6 is 0 Å². The van der Waals surface area contributed by atoms with Crippen molar-refractivity contribution >= 4 is 18.0 Å². The van der Waals surface area contributed by atoms with Crippen LogP contribution in [0, 0.1) is 0 Å². The zero-order valence-electron chi connectivity index (χ0n) is 13.9. The fourth-order valence-corrected chi connectivity index (χ4v) is 1.98. The Morgan fingerprint density at radius 3 is 2.64 bits per heavy atom. The second kappa shape index (κ2) is 9.02. The summed E-state index contributed by atoms with van der Waals surface area (Å²) in [5, 5.41) is 6.22. The molecule has 2 rings (SSSR count). The molecule has 1 aromatic carbocycles. The highest BCUT2D eigenvalue weighted by atomic mass is 16.5. The summed E-state index contributed by atoms with van der Waals surface area (Å²) in [6.45, 7) is 0.153. The van der Waals surface area contributed by atoms with E-state index in [1.807, 2.05) is 0 Å². The third kappa shape index (κ3) is 5.03. The van der Waals surface area contributed by atoms with Gasteiger partial charge in [-0.2, -0.15) is 5.10 Å². The summed E-state index contributed by atoms with van der Waals surface area (Å²) in [4.78, 5) is 27.5. The van der Waals surface area contributed by atoms with E-state index >= 15 is 0 Å². The normalized spacial score (nSPS) is 10.3. The maximum absolute atomic E-state index is 11.7. The van der Waals surface area contributed by atoms with Crippen LogP contribution in [0.15, 0.2) is 47.7 Å². The number of para-hydroxylation sites is 1. The van der Waals surface area contributed by atoms with Crippen molar-refractivity contribution in [1.82, 2.24) is 15.7 Å². The molecule has 0 spiro atoms. The Bertz CT molecular complexity index is 762.